The summed E-state index contributed by atoms with van der Waals surface area (Å²) in [6.07, 6.45) is 2.47. The van der Waals surface area contributed by atoms with E-state index in [2.05, 4.69) is 22.3 Å². The highest BCUT2D eigenvalue weighted by Crippen LogP contribution is 2.15. The molecule has 1 saturated heterocycles. The van der Waals surface area contributed by atoms with E-state index in [4.69, 9.17) is 4.52 Å². The Morgan fingerprint density at radius 3 is 2.81 bits per heavy atom. The molecule has 1 aliphatic rings. The maximum atomic E-state index is 5.28. The molecule has 0 aromatic carbocycles. The number of rotatable bonds is 4. The van der Waals surface area contributed by atoms with Gasteiger partial charge in [0.2, 0.25) is 0 Å². The predicted octanol–water partition coefficient (Wildman–Crippen LogP) is 1.56. The summed E-state index contributed by atoms with van der Waals surface area (Å²) in [5.41, 5.74) is 0.969. The molecule has 0 radical (unpaired) electrons. The first-order valence-electron chi connectivity index (χ1n) is 6.16. The molecular weight excluding hydrogens is 202 g/mol. The van der Waals surface area contributed by atoms with E-state index in [1.54, 1.807) is 0 Å². The third-order valence-electron chi connectivity index (χ3n) is 3.27. The molecule has 2 rings (SSSR count). The highest BCUT2D eigenvalue weighted by Gasteiger charge is 2.20. The minimum atomic E-state index is 0.691. The van der Waals surface area contributed by atoms with Gasteiger partial charge < -0.3 is 9.84 Å². The van der Waals surface area contributed by atoms with Crippen LogP contribution in [-0.2, 0) is 6.54 Å². The number of hydrogen-bond acceptors (Lipinski definition) is 4. The second kappa shape index (κ2) is 5.46. The van der Waals surface area contributed by atoms with Crippen LogP contribution in [0.3, 0.4) is 0 Å². The van der Waals surface area contributed by atoms with Crippen LogP contribution in [0.25, 0.3) is 0 Å². The SMILES string of the molecule is CCN(Cc1cc(C)no1)C1CCNCC1. The van der Waals surface area contributed by atoms with E-state index in [1.807, 2.05) is 13.0 Å². The molecule has 4 nitrogen and oxygen atoms in total. The summed E-state index contributed by atoms with van der Waals surface area (Å²) in [5.74, 6) is 0.984. The van der Waals surface area contributed by atoms with Gasteiger partial charge in [-0.25, -0.2) is 0 Å². The van der Waals surface area contributed by atoms with Crippen LogP contribution in [0, 0.1) is 6.92 Å². The van der Waals surface area contributed by atoms with Gasteiger partial charge in [0.05, 0.1) is 12.2 Å². The fourth-order valence-electron chi connectivity index (χ4n) is 2.36. The summed E-state index contributed by atoms with van der Waals surface area (Å²) in [5, 5.41) is 7.33. The van der Waals surface area contributed by atoms with Crippen LogP contribution in [0.4, 0.5) is 0 Å². The molecule has 1 N–H and O–H groups in total. The van der Waals surface area contributed by atoms with Crippen molar-refractivity contribution >= 4 is 0 Å². The zero-order chi connectivity index (χ0) is 11.4. The van der Waals surface area contributed by atoms with Gasteiger partial charge in [0.15, 0.2) is 5.76 Å². The van der Waals surface area contributed by atoms with Gasteiger partial charge in [0.25, 0.3) is 0 Å². The van der Waals surface area contributed by atoms with Gasteiger partial charge in [-0.05, 0) is 39.4 Å². The maximum Gasteiger partial charge on any atom is 0.150 e. The van der Waals surface area contributed by atoms with E-state index in [-0.39, 0.29) is 0 Å². The summed E-state index contributed by atoms with van der Waals surface area (Å²) in [6.45, 7) is 8.42. The van der Waals surface area contributed by atoms with Gasteiger partial charge in [0, 0.05) is 12.1 Å². The molecule has 1 aromatic heterocycles. The molecule has 4 heteroatoms. The van der Waals surface area contributed by atoms with Crippen molar-refractivity contribution in [2.24, 2.45) is 0 Å². The first kappa shape index (κ1) is 11.6. The standard InChI is InChI=1S/C12H21N3O/c1-3-15(11-4-6-13-7-5-11)9-12-8-10(2)14-16-12/h8,11,13H,3-7,9H2,1-2H3. The Bertz CT molecular complexity index is 318. The molecule has 0 aliphatic carbocycles. The Hall–Kier alpha value is -0.870. The molecular formula is C12H21N3O. The van der Waals surface area contributed by atoms with Crippen molar-refractivity contribution in [1.29, 1.82) is 0 Å². The van der Waals surface area contributed by atoms with Crippen molar-refractivity contribution in [2.45, 2.75) is 39.3 Å². The molecule has 1 aliphatic heterocycles. The Kier molecular flexibility index (Phi) is 3.96. The lowest BCUT2D eigenvalue weighted by Crippen LogP contribution is -2.42. The summed E-state index contributed by atoms with van der Waals surface area (Å²) in [7, 11) is 0. The zero-order valence-electron chi connectivity index (χ0n) is 10.2. The molecule has 0 spiro atoms. The van der Waals surface area contributed by atoms with Crippen LogP contribution in [0.15, 0.2) is 10.6 Å². The minimum absolute atomic E-state index is 0.691. The second-order valence-electron chi connectivity index (χ2n) is 4.48. The van der Waals surface area contributed by atoms with Crippen molar-refractivity contribution in [3.8, 4) is 0 Å². The van der Waals surface area contributed by atoms with Crippen molar-refractivity contribution in [2.75, 3.05) is 19.6 Å². The Morgan fingerprint density at radius 1 is 1.50 bits per heavy atom. The first-order valence-corrected chi connectivity index (χ1v) is 6.16. The van der Waals surface area contributed by atoms with Crippen LogP contribution in [0.2, 0.25) is 0 Å². The predicted molar refractivity (Wildman–Crippen MR) is 63.2 cm³/mol. The monoisotopic (exact) mass is 223 g/mol. The highest BCUT2D eigenvalue weighted by molar-refractivity contribution is 5.03. The quantitative estimate of drug-likeness (QED) is 0.841. The van der Waals surface area contributed by atoms with Crippen LogP contribution < -0.4 is 5.32 Å². The van der Waals surface area contributed by atoms with Gasteiger partial charge >= 0.3 is 0 Å². The van der Waals surface area contributed by atoms with Crippen LogP contribution in [0.1, 0.15) is 31.2 Å². The number of nitrogens with one attached hydrogen (secondary N) is 1. The third kappa shape index (κ3) is 2.83. The normalized spacial score (nSPS) is 18.2. The lowest BCUT2D eigenvalue weighted by Gasteiger charge is -2.33. The molecule has 2 heterocycles. The van der Waals surface area contributed by atoms with E-state index in [9.17, 15) is 0 Å². The second-order valence-corrected chi connectivity index (χ2v) is 4.48. The summed E-state index contributed by atoms with van der Waals surface area (Å²) in [4.78, 5) is 2.49. The maximum absolute atomic E-state index is 5.28. The first-order chi connectivity index (χ1) is 7.79. The van der Waals surface area contributed by atoms with Crippen LogP contribution in [-0.4, -0.2) is 35.7 Å². The summed E-state index contributed by atoms with van der Waals surface area (Å²) < 4.78 is 5.28. The van der Waals surface area contributed by atoms with Crippen LogP contribution in [0.5, 0.6) is 0 Å². The molecule has 1 aromatic rings. The third-order valence-corrected chi connectivity index (χ3v) is 3.27. The Labute approximate surface area is 97.0 Å². The average Bonchev–Trinajstić information content (AvgIpc) is 2.73. The van der Waals surface area contributed by atoms with Crippen molar-refractivity contribution in [3.05, 3.63) is 17.5 Å². The van der Waals surface area contributed by atoms with E-state index in [1.165, 1.54) is 12.8 Å². The summed E-state index contributed by atoms with van der Waals surface area (Å²) in [6, 6.07) is 2.72. The molecule has 0 bridgehead atoms. The number of aryl methyl sites for hydroxylation is 1. The fraction of sp³-hybridized carbons (Fsp3) is 0.750. The molecule has 0 saturated carbocycles. The van der Waals surface area contributed by atoms with E-state index in [0.717, 1.165) is 37.6 Å². The lowest BCUT2D eigenvalue weighted by molar-refractivity contribution is 0.146. The lowest BCUT2D eigenvalue weighted by atomic mass is 10.0. The zero-order valence-corrected chi connectivity index (χ0v) is 10.2. The van der Waals surface area contributed by atoms with Gasteiger partial charge in [-0.3, -0.25) is 4.90 Å². The number of hydrogen-bond donors (Lipinski definition) is 1. The van der Waals surface area contributed by atoms with E-state index >= 15 is 0 Å². The summed E-state index contributed by atoms with van der Waals surface area (Å²) >= 11 is 0. The van der Waals surface area contributed by atoms with Gasteiger partial charge in [-0.15, -0.1) is 0 Å². The van der Waals surface area contributed by atoms with Crippen LogP contribution >= 0.6 is 0 Å². The minimum Gasteiger partial charge on any atom is -0.360 e. The molecule has 0 amide bonds. The van der Waals surface area contributed by atoms with E-state index in [0.29, 0.717) is 6.04 Å². The topological polar surface area (TPSA) is 41.3 Å². The molecule has 0 atom stereocenters. The molecule has 90 valence electrons. The fourth-order valence-corrected chi connectivity index (χ4v) is 2.36. The number of aromatic nitrogens is 1. The highest BCUT2D eigenvalue weighted by atomic mass is 16.5. The largest absolute Gasteiger partial charge is 0.360 e. The van der Waals surface area contributed by atoms with E-state index < -0.39 is 0 Å². The smallest absolute Gasteiger partial charge is 0.150 e. The van der Waals surface area contributed by atoms with Crippen molar-refractivity contribution < 1.29 is 4.52 Å². The van der Waals surface area contributed by atoms with Gasteiger partial charge in [-0.2, -0.15) is 0 Å². The molecule has 16 heavy (non-hydrogen) atoms. The van der Waals surface area contributed by atoms with Gasteiger partial charge in [-0.1, -0.05) is 12.1 Å². The van der Waals surface area contributed by atoms with Crippen molar-refractivity contribution in [3.63, 3.8) is 0 Å². The average molecular weight is 223 g/mol. The van der Waals surface area contributed by atoms with Crippen molar-refractivity contribution in [1.82, 2.24) is 15.4 Å². The van der Waals surface area contributed by atoms with Gasteiger partial charge in [0.1, 0.15) is 0 Å². The number of nitrogens with zero attached hydrogens (tertiary/aromatic N) is 2. The Morgan fingerprint density at radius 2 is 2.25 bits per heavy atom. The number of piperidine rings is 1. The molecule has 1 fully saturated rings. The Balaban J connectivity index is 1.94. The molecule has 0 unspecified atom stereocenters.